The number of aromatic nitrogens is 1. The minimum absolute atomic E-state index is 0.158. The number of hydrogen-bond donors (Lipinski definition) is 2. The van der Waals surface area contributed by atoms with E-state index in [1.807, 2.05) is 5.32 Å². The number of hydrogen-bond acceptors (Lipinski definition) is 7. The van der Waals surface area contributed by atoms with Crippen molar-refractivity contribution in [2.24, 2.45) is 0 Å². The number of halogens is 3. The second kappa shape index (κ2) is 6.63. The molecule has 2 N–H and O–H groups in total. The average Bonchev–Trinajstić information content (AvgIpc) is 3.10. The highest BCUT2D eigenvalue weighted by molar-refractivity contribution is 7.13. The second-order valence-corrected chi connectivity index (χ2v) is 6.51. The SMILES string of the molecule is COC(=O)[C@](NC(=O)c1ccco1)(Nc1nc(C2CC2)cs1)C(F)(F)F. The first-order valence-corrected chi connectivity index (χ1v) is 8.39. The minimum atomic E-state index is -5.21. The van der Waals surface area contributed by atoms with Gasteiger partial charge < -0.3 is 19.8 Å². The van der Waals surface area contributed by atoms with Gasteiger partial charge in [0.2, 0.25) is 0 Å². The predicted octanol–water partition coefficient (Wildman–Crippen LogP) is 2.89. The van der Waals surface area contributed by atoms with Crippen molar-refractivity contribution in [2.75, 3.05) is 12.4 Å². The first-order valence-electron chi connectivity index (χ1n) is 7.51. The number of furan rings is 1. The number of alkyl halides is 3. The van der Waals surface area contributed by atoms with E-state index in [4.69, 9.17) is 4.42 Å². The molecule has 11 heteroatoms. The molecule has 1 fully saturated rings. The van der Waals surface area contributed by atoms with Crippen LogP contribution in [0.3, 0.4) is 0 Å². The summed E-state index contributed by atoms with van der Waals surface area (Å²) in [7, 11) is 0.793. The van der Waals surface area contributed by atoms with E-state index in [0.29, 0.717) is 5.69 Å². The summed E-state index contributed by atoms with van der Waals surface area (Å²) < 4.78 is 50.6. The Morgan fingerprint density at radius 3 is 2.65 bits per heavy atom. The van der Waals surface area contributed by atoms with Crippen molar-refractivity contribution in [1.82, 2.24) is 10.3 Å². The molecule has 2 aromatic heterocycles. The van der Waals surface area contributed by atoms with E-state index >= 15 is 0 Å². The Bertz CT molecular complexity index is 801. The van der Waals surface area contributed by atoms with Crippen LogP contribution in [0.4, 0.5) is 18.3 Å². The van der Waals surface area contributed by atoms with Crippen molar-refractivity contribution in [3.8, 4) is 0 Å². The Morgan fingerprint density at radius 2 is 2.12 bits per heavy atom. The number of nitrogens with zero attached hydrogens (tertiary/aromatic N) is 1. The van der Waals surface area contributed by atoms with Crippen LogP contribution in [0.25, 0.3) is 0 Å². The number of thiazole rings is 1. The smallest absolute Gasteiger partial charge is 0.442 e. The van der Waals surface area contributed by atoms with Gasteiger partial charge in [-0.15, -0.1) is 11.3 Å². The lowest BCUT2D eigenvalue weighted by atomic mass is 10.1. The third-order valence-electron chi connectivity index (χ3n) is 3.77. The van der Waals surface area contributed by atoms with Gasteiger partial charge in [-0.3, -0.25) is 4.79 Å². The molecule has 0 spiro atoms. The average molecular weight is 389 g/mol. The van der Waals surface area contributed by atoms with Crippen LogP contribution in [0, 0.1) is 0 Å². The maximum absolute atomic E-state index is 13.8. The van der Waals surface area contributed by atoms with E-state index < -0.39 is 23.7 Å². The minimum Gasteiger partial charge on any atom is -0.466 e. The fraction of sp³-hybridized carbons (Fsp3) is 0.400. The van der Waals surface area contributed by atoms with Gasteiger partial charge >= 0.3 is 17.8 Å². The molecule has 1 aliphatic rings. The Labute approximate surface area is 149 Å². The zero-order valence-electron chi connectivity index (χ0n) is 13.4. The molecule has 0 aliphatic heterocycles. The zero-order chi connectivity index (χ0) is 18.9. The molecule has 0 radical (unpaired) electrons. The van der Waals surface area contributed by atoms with Crippen LogP contribution in [0.15, 0.2) is 28.2 Å². The van der Waals surface area contributed by atoms with Crippen molar-refractivity contribution < 1.29 is 31.9 Å². The number of nitrogens with one attached hydrogen (secondary N) is 2. The predicted molar refractivity (Wildman–Crippen MR) is 84.7 cm³/mol. The topological polar surface area (TPSA) is 93.5 Å². The monoisotopic (exact) mass is 389 g/mol. The van der Waals surface area contributed by atoms with E-state index in [1.54, 1.807) is 10.7 Å². The lowest BCUT2D eigenvalue weighted by Gasteiger charge is -2.33. The van der Waals surface area contributed by atoms with Crippen molar-refractivity contribution in [3.05, 3.63) is 35.2 Å². The molecule has 2 heterocycles. The summed E-state index contributed by atoms with van der Waals surface area (Å²) in [4.78, 5) is 28.3. The molecule has 0 bridgehead atoms. The van der Waals surface area contributed by atoms with Gasteiger partial charge in [-0.2, -0.15) is 13.2 Å². The summed E-state index contributed by atoms with van der Waals surface area (Å²) >= 11 is 0.909. The lowest BCUT2D eigenvalue weighted by Crippen LogP contribution is -2.69. The molecule has 140 valence electrons. The van der Waals surface area contributed by atoms with Crippen LogP contribution in [0.2, 0.25) is 0 Å². The summed E-state index contributed by atoms with van der Waals surface area (Å²) in [5.74, 6) is -3.13. The molecule has 0 saturated heterocycles. The first-order chi connectivity index (χ1) is 12.3. The van der Waals surface area contributed by atoms with Crippen LogP contribution in [0.5, 0.6) is 0 Å². The highest BCUT2D eigenvalue weighted by Crippen LogP contribution is 2.42. The molecule has 1 aliphatic carbocycles. The molecule has 1 amide bonds. The number of amides is 1. The van der Waals surface area contributed by atoms with E-state index in [9.17, 15) is 22.8 Å². The molecule has 26 heavy (non-hydrogen) atoms. The van der Waals surface area contributed by atoms with Gasteiger partial charge in [-0.25, -0.2) is 9.78 Å². The van der Waals surface area contributed by atoms with Crippen LogP contribution < -0.4 is 10.6 Å². The number of rotatable bonds is 6. The molecule has 1 saturated carbocycles. The van der Waals surface area contributed by atoms with Crippen molar-refractivity contribution in [2.45, 2.75) is 30.6 Å². The quantitative estimate of drug-likeness (QED) is 0.583. The fourth-order valence-electron chi connectivity index (χ4n) is 2.25. The Hall–Kier alpha value is -2.56. The van der Waals surface area contributed by atoms with Gasteiger partial charge in [0.25, 0.3) is 5.91 Å². The normalized spacial score (nSPS) is 16.6. The first kappa shape index (κ1) is 18.2. The van der Waals surface area contributed by atoms with E-state index in [-0.39, 0.29) is 16.8 Å². The summed E-state index contributed by atoms with van der Waals surface area (Å²) in [6.45, 7) is 0. The third kappa shape index (κ3) is 3.39. The fourth-order valence-corrected chi connectivity index (χ4v) is 3.10. The number of ether oxygens (including phenoxy) is 1. The van der Waals surface area contributed by atoms with Gasteiger partial charge in [0.1, 0.15) is 0 Å². The summed E-state index contributed by atoms with van der Waals surface area (Å²) in [5.41, 5.74) is -2.86. The Balaban J connectivity index is 1.95. The van der Waals surface area contributed by atoms with Gasteiger partial charge in [-0.1, -0.05) is 0 Å². The molecular weight excluding hydrogens is 375 g/mol. The van der Waals surface area contributed by atoms with E-state index in [0.717, 1.165) is 37.6 Å². The van der Waals surface area contributed by atoms with E-state index in [2.05, 4.69) is 9.72 Å². The molecule has 0 unspecified atom stereocenters. The highest BCUT2D eigenvalue weighted by atomic mass is 32.1. The summed E-state index contributed by atoms with van der Waals surface area (Å²) in [5, 5.41) is 5.12. The third-order valence-corrected chi connectivity index (χ3v) is 4.55. The zero-order valence-corrected chi connectivity index (χ0v) is 14.2. The number of methoxy groups -OCH3 is 1. The highest BCUT2D eigenvalue weighted by Gasteiger charge is 2.64. The number of carbonyl (C=O) groups is 2. The van der Waals surface area contributed by atoms with Gasteiger partial charge in [0, 0.05) is 11.3 Å². The molecule has 1 atom stereocenters. The van der Waals surface area contributed by atoms with Crippen LogP contribution in [0.1, 0.15) is 35.0 Å². The molecule has 7 nitrogen and oxygen atoms in total. The van der Waals surface area contributed by atoms with Gasteiger partial charge in [0.05, 0.1) is 19.1 Å². The van der Waals surface area contributed by atoms with Crippen LogP contribution >= 0.6 is 11.3 Å². The number of esters is 1. The second-order valence-electron chi connectivity index (χ2n) is 5.65. The van der Waals surface area contributed by atoms with Crippen molar-refractivity contribution in [3.63, 3.8) is 0 Å². The van der Waals surface area contributed by atoms with Crippen molar-refractivity contribution in [1.29, 1.82) is 0 Å². The van der Waals surface area contributed by atoms with Crippen molar-refractivity contribution >= 4 is 28.3 Å². The molecule has 3 rings (SSSR count). The van der Waals surface area contributed by atoms with Crippen LogP contribution in [-0.4, -0.2) is 35.8 Å². The summed E-state index contributed by atoms with van der Waals surface area (Å²) in [6.07, 6.45) is -2.26. The van der Waals surface area contributed by atoms with Gasteiger partial charge in [-0.05, 0) is 25.0 Å². The largest absolute Gasteiger partial charge is 0.466 e. The summed E-state index contributed by atoms with van der Waals surface area (Å²) in [6, 6.07) is 2.50. The number of carbonyl (C=O) groups excluding carboxylic acids is 2. The maximum Gasteiger partial charge on any atom is 0.442 e. The Kier molecular flexibility index (Phi) is 4.65. The maximum atomic E-state index is 13.8. The Morgan fingerprint density at radius 1 is 1.38 bits per heavy atom. The van der Waals surface area contributed by atoms with E-state index in [1.165, 1.54) is 12.1 Å². The molecule has 2 aromatic rings. The lowest BCUT2D eigenvalue weighted by molar-refractivity contribution is -0.203. The van der Waals surface area contributed by atoms with Crippen LogP contribution in [-0.2, 0) is 9.53 Å². The molecule has 0 aromatic carbocycles. The number of anilines is 1. The van der Waals surface area contributed by atoms with Gasteiger partial charge in [0.15, 0.2) is 10.9 Å². The standard InChI is InChI=1S/C15H14F3N3O4S/c1-24-12(23)14(15(16,17)18,20-11(22)10-3-2-6-25-10)21-13-19-9(7-26-13)8-4-5-8/h2-3,6-8H,4-5H2,1H3,(H,19,21)(H,20,22)/t14-/m0/s1. The molecular formula is C15H14F3N3O4S.